The summed E-state index contributed by atoms with van der Waals surface area (Å²) in [6, 6.07) is 0. The Morgan fingerprint density at radius 2 is 0.706 bits per heavy atom. The normalized spacial score (nSPS) is 21.1. The highest BCUT2D eigenvalue weighted by molar-refractivity contribution is 4.69. The molecule has 5 aliphatic rings. The lowest BCUT2D eigenvalue weighted by atomic mass is 10.1. The summed E-state index contributed by atoms with van der Waals surface area (Å²) in [6.07, 6.45) is 17.8. The van der Waals surface area contributed by atoms with Gasteiger partial charge in [-0.2, -0.15) is 0 Å². The number of nitrogens with zero attached hydrogens (tertiary/aromatic N) is 5. The van der Waals surface area contributed by atoms with E-state index in [9.17, 15) is 0 Å². The molecule has 51 heavy (non-hydrogen) atoms. The summed E-state index contributed by atoms with van der Waals surface area (Å²) < 4.78 is 0. The first-order valence-electron chi connectivity index (χ1n) is 21.6. The van der Waals surface area contributed by atoms with Crippen molar-refractivity contribution in [3.63, 3.8) is 0 Å². The number of unbranched alkanes of at least 4 members (excludes halogenated alkanes) is 1. The Kier molecular flexibility index (Phi) is 36.0. The molecule has 306 valence electrons. The second-order valence-corrected chi connectivity index (χ2v) is 14.9. The van der Waals surface area contributed by atoms with E-state index in [0.29, 0.717) is 0 Å². The number of nitrogens with one attached hydrogen (secondary N) is 4. The highest BCUT2D eigenvalue weighted by atomic mass is 15.2. The molecule has 0 saturated carbocycles. The summed E-state index contributed by atoms with van der Waals surface area (Å²) in [5.74, 6) is 0. The summed E-state index contributed by atoms with van der Waals surface area (Å²) >= 11 is 0. The highest BCUT2D eigenvalue weighted by Gasteiger charge is 2.10. The van der Waals surface area contributed by atoms with Crippen LogP contribution >= 0.6 is 0 Å². The predicted octanol–water partition coefficient (Wildman–Crippen LogP) is 1.08. The molecule has 0 aromatic carbocycles. The monoisotopic (exact) mass is 727 g/mol. The molecule has 10 N–H and O–H groups in total. The van der Waals surface area contributed by atoms with E-state index in [1.807, 2.05) is 14.1 Å². The molecule has 0 unspecified atom stereocenters. The van der Waals surface area contributed by atoms with Crippen LogP contribution in [0.1, 0.15) is 83.5 Å². The molecule has 5 fully saturated rings. The zero-order chi connectivity index (χ0) is 36.9. The zero-order valence-electron chi connectivity index (χ0n) is 34.1. The molecule has 5 aliphatic heterocycles. The number of hydrogen-bond acceptors (Lipinski definition) is 12. The minimum atomic E-state index is 0.792. The Hall–Kier alpha value is -0.480. The molecule has 0 spiro atoms. The first-order valence-corrected chi connectivity index (χ1v) is 21.6. The number of rotatable bonds is 16. The van der Waals surface area contributed by atoms with Gasteiger partial charge in [-0.1, -0.05) is 19.3 Å². The van der Waals surface area contributed by atoms with E-state index >= 15 is 0 Å². The lowest BCUT2D eigenvalue weighted by Crippen LogP contribution is -2.45. The minimum absolute atomic E-state index is 0.792. The predicted molar refractivity (Wildman–Crippen MR) is 223 cm³/mol. The summed E-state index contributed by atoms with van der Waals surface area (Å²) in [5.41, 5.74) is 16.2. The molecule has 5 saturated heterocycles. The molecular weight excluding hydrogens is 637 g/mol. The Bertz CT molecular complexity index is 635. The van der Waals surface area contributed by atoms with Crippen molar-refractivity contribution < 1.29 is 0 Å². The van der Waals surface area contributed by atoms with Crippen LogP contribution in [0, 0.1) is 0 Å². The summed E-state index contributed by atoms with van der Waals surface area (Å²) in [5, 5.41) is 13.0. The van der Waals surface area contributed by atoms with Crippen molar-refractivity contribution in [3.8, 4) is 0 Å². The summed E-state index contributed by atoms with van der Waals surface area (Å²) in [4.78, 5) is 12.5. The van der Waals surface area contributed by atoms with Gasteiger partial charge in [0.25, 0.3) is 0 Å². The van der Waals surface area contributed by atoms with E-state index in [4.69, 9.17) is 17.2 Å². The van der Waals surface area contributed by atoms with Crippen molar-refractivity contribution in [2.45, 2.75) is 83.5 Å². The van der Waals surface area contributed by atoms with E-state index in [2.05, 4.69) is 45.8 Å². The average molecular weight is 727 g/mol. The largest absolute Gasteiger partial charge is 0.330 e. The van der Waals surface area contributed by atoms with Gasteiger partial charge in [0.15, 0.2) is 0 Å². The third-order valence-corrected chi connectivity index (χ3v) is 10.4. The quantitative estimate of drug-likeness (QED) is 0.115. The van der Waals surface area contributed by atoms with Gasteiger partial charge >= 0.3 is 0 Å². The first-order chi connectivity index (χ1) is 25.2. The van der Waals surface area contributed by atoms with E-state index in [1.54, 1.807) is 0 Å². The standard InChI is InChI=1S/C10H22N2.C8H19N3.C8H18N2.C7H16N2.C6H15N3/c1-11-7-3-6-10-12-8-4-2-5-9-12;1-9-3-2-6-11-7-4-10-5-8-11;9-5-4-8-10-6-2-1-3-7-10;8-4-7-9-5-2-1-3-6-9;7-1-4-9-5-2-8-3-6-9/h11H,2-10H2,1H3;9-10H,2-8H2,1H3;1-9H2;1-8H2;8H,1-7H2. The highest BCUT2D eigenvalue weighted by Crippen LogP contribution is 2.10. The van der Waals surface area contributed by atoms with Crippen LogP contribution in [0.15, 0.2) is 0 Å². The molecular formula is C39H90N12. The number of piperidine rings is 3. The molecule has 0 bridgehead atoms. The topological polar surface area (TPSA) is 142 Å². The van der Waals surface area contributed by atoms with Gasteiger partial charge in [0, 0.05) is 78.5 Å². The molecule has 12 heteroatoms. The maximum absolute atomic E-state index is 5.42. The molecule has 0 aromatic rings. The fraction of sp³-hybridized carbons (Fsp3) is 1.00. The number of nitrogens with two attached hydrogens (primary N) is 3. The summed E-state index contributed by atoms with van der Waals surface area (Å²) in [6.45, 7) is 27.9. The van der Waals surface area contributed by atoms with Crippen LogP contribution in [0.25, 0.3) is 0 Å². The second kappa shape index (κ2) is 37.8. The first kappa shape index (κ1) is 48.5. The van der Waals surface area contributed by atoms with Crippen LogP contribution in [0.5, 0.6) is 0 Å². The molecule has 5 heterocycles. The van der Waals surface area contributed by atoms with Gasteiger partial charge in [-0.25, -0.2) is 0 Å². The van der Waals surface area contributed by atoms with Gasteiger partial charge < -0.3 is 58.1 Å². The van der Waals surface area contributed by atoms with E-state index in [-0.39, 0.29) is 0 Å². The number of hydrogen-bond donors (Lipinski definition) is 7. The molecule has 0 aliphatic carbocycles. The molecule has 0 amide bonds. The van der Waals surface area contributed by atoms with Gasteiger partial charge in [-0.05, 0) is 157 Å². The summed E-state index contributed by atoms with van der Waals surface area (Å²) in [7, 11) is 4.04. The van der Waals surface area contributed by atoms with Crippen LogP contribution in [-0.2, 0) is 0 Å². The smallest absolute Gasteiger partial charge is 0.0108 e. The van der Waals surface area contributed by atoms with Crippen molar-refractivity contribution in [1.29, 1.82) is 0 Å². The maximum Gasteiger partial charge on any atom is 0.0108 e. The van der Waals surface area contributed by atoms with E-state index in [1.165, 1.54) is 175 Å². The number of piperazine rings is 2. The molecule has 12 nitrogen and oxygen atoms in total. The van der Waals surface area contributed by atoms with Crippen molar-refractivity contribution in [2.24, 2.45) is 17.2 Å². The maximum atomic E-state index is 5.42. The SMILES string of the molecule is CNCCCCN1CCCCC1.CNCCCN1CCNCC1.NCCCN1CCCCC1.NCCN1CCCCC1.NCCN1CCNCC1. The average Bonchev–Trinajstić information content (AvgIpc) is 3.19. The van der Waals surface area contributed by atoms with Crippen LogP contribution in [-0.4, -0.2) is 196 Å². The van der Waals surface area contributed by atoms with E-state index < -0.39 is 0 Å². The molecule has 0 radical (unpaired) electrons. The lowest BCUT2D eigenvalue weighted by molar-refractivity contribution is 0.225. The Morgan fingerprint density at radius 3 is 1.10 bits per heavy atom. The molecule has 0 atom stereocenters. The second-order valence-electron chi connectivity index (χ2n) is 14.9. The van der Waals surface area contributed by atoms with Crippen molar-refractivity contribution in [3.05, 3.63) is 0 Å². The fourth-order valence-corrected chi connectivity index (χ4v) is 7.22. The number of likely N-dealkylation sites (tertiary alicyclic amines) is 3. The van der Waals surface area contributed by atoms with Gasteiger partial charge in [0.1, 0.15) is 0 Å². The van der Waals surface area contributed by atoms with Crippen LogP contribution in [0.2, 0.25) is 0 Å². The van der Waals surface area contributed by atoms with Gasteiger partial charge in [-0.15, -0.1) is 0 Å². The third kappa shape index (κ3) is 30.5. The van der Waals surface area contributed by atoms with Gasteiger partial charge in [0.05, 0.1) is 0 Å². The van der Waals surface area contributed by atoms with Crippen molar-refractivity contribution >= 4 is 0 Å². The molecule has 5 rings (SSSR count). The van der Waals surface area contributed by atoms with E-state index in [0.717, 1.165) is 65.4 Å². The van der Waals surface area contributed by atoms with Crippen molar-refractivity contribution in [1.82, 2.24) is 45.8 Å². The Balaban J connectivity index is 0.000000320. The zero-order valence-corrected chi connectivity index (χ0v) is 34.1. The Morgan fingerprint density at radius 1 is 0.373 bits per heavy atom. The van der Waals surface area contributed by atoms with Crippen LogP contribution < -0.4 is 38.5 Å². The third-order valence-electron chi connectivity index (χ3n) is 10.4. The lowest BCUT2D eigenvalue weighted by Gasteiger charge is -2.26. The minimum Gasteiger partial charge on any atom is -0.330 e. The van der Waals surface area contributed by atoms with Crippen molar-refractivity contribution in [2.75, 3.05) is 171 Å². The van der Waals surface area contributed by atoms with Gasteiger partial charge in [0.2, 0.25) is 0 Å². The van der Waals surface area contributed by atoms with Crippen LogP contribution in [0.4, 0.5) is 0 Å². The Labute approximate surface area is 317 Å². The van der Waals surface area contributed by atoms with Crippen LogP contribution in [0.3, 0.4) is 0 Å². The molecule has 0 aromatic heterocycles. The van der Waals surface area contributed by atoms with Gasteiger partial charge in [-0.3, -0.25) is 4.90 Å². The fourth-order valence-electron chi connectivity index (χ4n) is 7.22.